The fraction of sp³-hybridized carbons (Fsp3) is 0.476. The molecule has 1 aliphatic heterocycles. The molecule has 7 nitrogen and oxygen atoms in total. The van der Waals surface area contributed by atoms with E-state index < -0.39 is 4.92 Å². The highest BCUT2D eigenvalue weighted by Gasteiger charge is 2.26. The normalized spacial score (nSPS) is 17.5. The first-order valence-electron chi connectivity index (χ1n) is 9.99. The van der Waals surface area contributed by atoms with E-state index in [4.69, 9.17) is 0 Å². The molecule has 2 fully saturated rings. The summed E-state index contributed by atoms with van der Waals surface area (Å²) in [6.07, 6.45) is 4.15. The van der Waals surface area contributed by atoms with Gasteiger partial charge in [-0.1, -0.05) is 12.1 Å². The summed E-state index contributed by atoms with van der Waals surface area (Å²) in [6.45, 7) is 8.15. The van der Waals surface area contributed by atoms with Gasteiger partial charge in [0.1, 0.15) is 12.0 Å². The molecule has 2 aliphatic rings. The molecular weight excluding hydrogens is 354 g/mol. The molecule has 0 spiro atoms. The van der Waals surface area contributed by atoms with Crippen molar-refractivity contribution in [2.75, 3.05) is 42.9 Å². The number of hydrogen-bond donors (Lipinski definition) is 1. The standard InChI is InChI=1S/C21H27N5O2/c1-16-12-21(23-14-20(16)26(27)28)22-13-17-4-6-19(7-5-17)25-10-8-24(9-11-25)15-18-2-3-18/h4-7,12,14,18H,2-3,8-11,13,15H2,1H3,(H,22,23). The lowest BCUT2D eigenvalue weighted by atomic mass is 10.1. The van der Waals surface area contributed by atoms with Crippen molar-refractivity contribution >= 4 is 17.2 Å². The van der Waals surface area contributed by atoms with E-state index in [0.717, 1.165) is 37.7 Å². The van der Waals surface area contributed by atoms with E-state index in [1.807, 2.05) is 0 Å². The van der Waals surface area contributed by atoms with Gasteiger partial charge in [-0.15, -0.1) is 0 Å². The van der Waals surface area contributed by atoms with Crippen molar-refractivity contribution in [1.29, 1.82) is 0 Å². The van der Waals surface area contributed by atoms with Crippen LogP contribution in [0.1, 0.15) is 24.0 Å². The molecule has 1 saturated heterocycles. The van der Waals surface area contributed by atoms with Gasteiger partial charge in [0.25, 0.3) is 5.69 Å². The predicted molar refractivity (Wildman–Crippen MR) is 111 cm³/mol. The topological polar surface area (TPSA) is 74.5 Å². The SMILES string of the molecule is Cc1cc(NCc2ccc(N3CCN(CC4CC4)CC3)cc2)ncc1[N+](=O)[O-]. The van der Waals surface area contributed by atoms with Crippen LogP contribution < -0.4 is 10.2 Å². The van der Waals surface area contributed by atoms with Gasteiger partial charge in [-0.25, -0.2) is 4.98 Å². The Morgan fingerprint density at radius 2 is 1.89 bits per heavy atom. The molecule has 148 valence electrons. The maximum Gasteiger partial charge on any atom is 0.290 e. The lowest BCUT2D eigenvalue weighted by Crippen LogP contribution is -2.47. The van der Waals surface area contributed by atoms with Crippen LogP contribution in [0.4, 0.5) is 17.2 Å². The second kappa shape index (κ2) is 8.14. The summed E-state index contributed by atoms with van der Waals surface area (Å²) in [6, 6.07) is 10.4. The minimum atomic E-state index is -0.406. The Kier molecular flexibility index (Phi) is 5.43. The van der Waals surface area contributed by atoms with Gasteiger partial charge in [0, 0.05) is 50.5 Å². The van der Waals surface area contributed by atoms with E-state index in [1.54, 1.807) is 13.0 Å². The number of nitro groups is 1. The molecule has 28 heavy (non-hydrogen) atoms. The van der Waals surface area contributed by atoms with Gasteiger partial charge in [-0.05, 0) is 49.4 Å². The van der Waals surface area contributed by atoms with Gasteiger partial charge in [0.15, 0.2) is 0 Å². The number of rotatable bonds is 7. The number of pyridine rings is 1. The summed E-state index contributed by atoms with van der Waals surface area (Å²) in [7, 11) is 0. The number of benzene rings is 1. The molecule has 0 radical (unpaired) electrons. The summed E-state index contributed by atoms with van der Waals surface area (Å²) in [4.78, 5) is 19.7. The maximum atomic E-state index is 10.9. The highest BCUT2D eigenvalue weighted by molar-refractivity contribution is 5.50. The van der Waals surface area contributed by atoms with E-state index in [-0.39, 0.29) is 5.69 Å². The van der Waals surface area contributed by atoms with Crippen LogP contribution in [0, 0.1) is 23.0 Å². The average Bonchev–Trinajstić information content (AvgIpc) is 3.51. The Morgan fingerprint density at radius 3 is 2.50 bits per heavy atom. The van der Waals surface area contributed by atoms with Crippen molar-refractivity contribution in [1.82, 2.24) is 9.88 Å². The molecule has 0 unspecified atom stereocenters. The van der Waals surface area contributed by atoms with Gasteiger partial charge < -0.3 is 10.2 Å². The maximum absolute atomic E-state index is 10.9. The lowest BCUT2D eigenvalue weighted by molar-refractivity contribution is -0.385. The molecule has 1 N–H and O–H groups in total. The predicted octanol–water partition coefficient (Wildman–Crippen LogP) is 3.44. The highest BCUT2D eigenvalue weighted by atomic mass is 16.6. The molecule has 1 aliphatic carbocycles. The zero-order valence-electron chi connectivity index (χ0n) is 16.3. The van der Waals surface area contributed by atoms with Gasteiger partial charge in [0.2, 0.25) is 0 Å². The number of aryl methyl sites for hydroxylation is 1. The van der Waals surface area contributed by atoms with Gasteiger partial charge in [-0.3, -0.25) is 15.0 Å². The van der Waals surface area contributed by atoms with Gasteiger partial charge >= 0.3 is 0 Å². The van der Waals surface area contributed by atoms with Crippen molar-refractivity contribution in [3.8, 4) is 0 Å². The Morgan fingerprint density at radius 1 is 1.18 bits per heavy atom. The number of anilines is 2. The van der Waals surface area contributed by atoms with E-state index in [0.29, 0.717) is 17.9 Å². The summed E-state index contributed by atoms with van der Waals surface area (Å²) in [5.74, 6) is 1.62. The molecule has 1 aromatic heterocycles. The Bertz CT molecular complexity index is 827. The number of hydrogen-bond acceptors (Lipinski definition) is 6. The summed E-state index contributed by atoms with van der Waals surface area (Å²) in [5, 5.41) is 14.1. The molecule has 2 heterocycles. The second-order valence-electron chi connectivity index (χ2n) is 7.86. The Hall–Kier alpha value is -2.67. The fourth-order valence-electron chi connectivity index (χ4n) is 3.71. The van der Waals surface area contributed by atoms with Crippen molar-refractivity contribution in [2.45, 2.75) is 26.3 Å². The number of nitrogens with one attached hydrogen (secondary N) is 1. The quantitative estimate of drug-likeness (QED) is 0.585. The zero-order chi connectivity index (χ0) is 19.5. The van der Waals surface area contributed by atoms with E-state index in [1.165, 1.54) is 31.3 Å². The molecule has 1 aromatic carbocycles. The first-order chi connectivity index (χ1) is 13.6. The minimum Gasteiger partial charge on any atom is -0.369 e. The van der Waals surface area contributed by atoms with Crippen LogP contribution in [-0.2, 0) is 6.54 Å². The molecule has 0 amide bonds. The summed E-state index contributed by atoms with van der Waals surface area (Å²) >= 11 is 0. The van der Waals surface area contributed by atoms with E-state index in [9.17, 15) is 10.1 Å². The molecule has 1 saturated carbocycles. The smallest absolute Gasteiger partial charge is 0.290 e. The molecule has 0 atom stereocenters. The highest BCUT2D eigenvalue weighted by Crippen LogP contribution is 2.30. The van der Waals surface area contributed by atoms with Crippen LogP contribution in [0.15, 0.2) is 36.5 Å². The Labute approximate surface area is 165 Å². The minimum absolute atomic E-state index is 0.0483. The first-order valence-corrected chi connectivity index (χ1v) is 9.99. The van der Waals surface area contributed by atoms with Crippen molar-refractivity contribution < 1.29 is 4.92 Å². The third kappa shape index (κ3) is 4.59. The van der Waals surface area contributed by atoms with Crippen LogP contribution in [0.2, 0.25) is 0 Å². The van der Waals surface area contributed by atoms with Crippen LogP contribution in [-0.4, -0.2) is 47.5 Å². The second-order valence-corrected chi connectivity index (χ2v) is 7.86. The van der Waals surface area contributed by atoms with Crippen LogP contribution in [0.3, 0.4) is 0 Å². The van der Waals surface area contributed by atoms with E-state index >= 15 is 0 Å². The van der Waals surface area contributed by atoms with Gasteiger partial charge in [-0.2, -0.15) is 0 Å². The molecule has 0 bridgehead atoms. The molecule has 2 aromatic rings. The van der Waals surface area contributed by atoms with Gasteiger partial charge in [0.05, 0.1) is 4.92 Å². The molecular formula is C21H27N5O2. The van der Waals surface area contributed by atoms with Crippen molar-refractivity contribution in [3.05, 3.63) is 57.8 Å². The number of aromatic nitrogens is 1. The summed E-state index contributed by atoms with van der Waals surface area (Å²) in [5.41, 5.74) is 3.10. The largest absolute Gasteiger partial charge is 0.369 e. The Balaban J connectivity index is 1.29. The number of nitrogens with zero attached hydrogens (tertiary/aromatic N) is 4. The van der Waals surface area contributed by atoms with Crippen LogP contribution in [0.25, 0.3) is 0 Å². The lowest BCUT2D eigenvalue weighted by Gasteiger charge is -2.36. The van der Waals surface area contributed by atoms with Crippen molar-refractivity contribution in [3.63, 3.8) is 0 Å². The van der Waals surface area contributed by atoms with Crippen molar-refractivity contribution in [2.24, 2.45) is 5.92 Å². The van der Waals surface area contributed by atoms with Crippen LogP contribution >= 0.6 is 0 Å². The fourth-order valence-corrected chi connectivity index (χ4v) is 3.71. The zero-order valence-corrected chi connectivity index (χ0v) is 16.3. The number of piperazine rings is 1. The monoisotopic (exact) mass is 381 g/mol. The first kappa shape index (κ1) is 18.7. The average molecular weight is 381 g/mol. The summed E-state index contributed by atoms with van der Waals surface area (Å²) < 4.78 is 0. The van der Waals surface area contributed by atoms with Crippen LogP contribution in [0.5, 0.6) is 0 Å². The van der Waals surface area contributed by atoms with E-state index in [2.05, 4.69) is 44.4 Å². The molecule has 4 rings (SSSR count). The molecule has 7 heteroatoms. The third-order valence-corrected chi connectivity index (χ3v) is 5.64. The third-order valence-electron chi connectivity index (χ3n) is 5.64.